The van der Waals surface area contributed by atoms with Gasteiger partial charge in [-0.05, 0) is 52.0 Å². The molecule has 1 unspecified atom stereocenters. The summed E-state index contributed by atoms with van der Waals surface area (Å²) >= 11 is 2.08. The van der Waals surface area contributed by atoms with Gasteiger partial charge in [-0.3, -0.25) is 5.43 Å². The summed E-state index contributed by atoms with van der Waals surface area (Å²) in [4.78, 5) is 4.45. The summed E-state index contributed by atoms with van der Waals surface area (Å²) in [6.45, 7) is 6.48. The molecule has 7 heteroatoms. The monoisotopic (exact) mass is 453 g/mol. The number of aromatic nitrogens is 3. The highest BCUT2D eigenvalue weighted by Gasteiger charge is 2.30. The van der Waals surface area contributed by atoms with E-state index >= 15 is 0 Å². The number of hydrogen-bond donors (Lipinski definition) is 2. The first-order chi connectivity index (χ1) is 12.0. The van der Waals surface area contributed by atoms with E-state index in [1.165, 1.54) is 18.4 Å². The Labute approximate surface area is 161 Å². The third-order valence-corrected chi connectivity index (χ3v) is 5.08. The second-order valence-electron chi connectivity index (χ2n) is 7.93. The van der Waals surface area contributed by atoms with Gasteiger partial charge in [-0.2, -0.15) is 8.74 Å². The number of nitrogens with one attached hydrogen (secondary N) is 2. The average molecular weight is 453 g/mol. The number of oxazole rings is 1. The van der Waals surface area contributed by atoms with Crippen molar-refractivity contribution in [3.05, 3.63) is 35.7 Å². The van der Waals surface area contributed by atoms with Crippen LogP contribution >= 0.6 is 22.9 Å². The lowest BCUT2D eigenvalue weighted by Crippen LogP contribution is -2.26. The Morgan fingerprint density at radius 1 is 1.28 bits per heavy atom. The Balaban J connectivity index is 1.58. The van der Waals surface area contributed by atoms with Crippen molar-refractivity contribution in [2.75, 3.05) is 5.43 Å². The van der Waals surface area contributed by atoms with Crippen LogP contribution in [-0.4, -0.2) is 14.8 Å². The molecule has 2 heterocycles. The molecular formula is C18H24IN5O. The van der Waals surface area contributed by atoms with Crippen molar-refractivity contribution in [1.82, 2.24) is 18.4 Å². The average Bonchev–Trinajstić information content (AvgIpc) is 3.00. The predicted octanol–water partition coefficient (Wildman–Crippen LogP) is 4.73. The standard InChI is InChI=1S/C18H24IN5O/c1-18(2,3)24-16(21-23-19)9-14(22-24)12-6-7-13(8-12)15-10-20-17(25-15)11-4-5-11/h8-12,21,23H,4-7H2,1-3H3. The third-order valence-electron chi connectivity index (χ3n) is 4.81. The Morgan fingerprint density at radius 3 is 2.76 bits per heavy atom. The molecule has 134 valence electrons. The van der Waals surface area contributed by atoms with E-state index in [0.29, 0.717) is 11.8 Å². The highest BCUT2D eigenvalue weighted by molar-refractivity contribution is 14.1. The topological polar surface area (TPSA) is 67.9 Å². The molecule has 0 radical (unpaired) electrons. The van der Waals surface area contributed by atoms with E-state index in [9.17, 15) is 0 Å². The van der Waals surface area contributed by atoms with Crippen LogP contribution in [0.5, 0.6) is 0 Å². The van der Waals surface area contributed by atoms with E-state index in [0.717, 1.165) is 36.0 Å². The molecule has 0 spiro atoms. The minimum atomic E-state index is -0.0800. The predicted molar refractivity (Wildman–Crippen MR) is 106 cm³/mol. The summed E-state index contributed by atoms with van der Waals surface area (Å²) < 4.78 is 11.0. The Kier molecular flexibility index (Phi) is 4.39. The smallest absolute Gasteiger partial charge is 0.197 e. The fourth-order valence-corrected chi connectivity index (χ4v) is 3.62. The van der Waals surface area contributed by atoms with Gasteiger partial charge >= 0.3 is 0 Å². The SMILES string of the molecule is CC(C)(C)n1nc(C2C=C(c3cnc(C4CC4)o3)CC2)cc1NNI. The molecule has 0 aromatic carbocycles. The first-order valence-electron chi connectivity index (χ1n) is 8.84. The first-order valence-corrected chi connectivity index (χ1v) is 9.92. The van der Waals surface area contributed by atoms with Crippen LogP contribution in [0.4, 0.5) is 5.82 Å². The van der Waals surface area contributed by atoms with Crippen molar-refractivity contribution < 1.29 is 4.42 Å². The van der Waals surface area contributed by atoms with Gasteiger partial charge < -0.3 is 4.42 Å². The zero-order valence-corrected chi connectivity index (χ0v) is 17.0. The van der Waals surface area contributed by atoms with Gasteiger partial charge in [-0.15, -0.1) is 0 Å². The molecule has 0 aliphatic heterocycles. The Bertz CT molecular complexity index is 797. The summed E-state index contributed by atoms with van der Waals surface area (Å²) in [7, 11) is 0. The maximum atomic E-state index is 5.97. The fourth-order valence-electron chi connectivity index (χ4n) is 3.34. The van der Waals surface area contributed by atoms with Gasteiger partial charge in [-0.1, -0.05) is 6.08 Å². The van der Waals surface area contributed by atoms with Gasteiger partial charge in [0, 0.05) is 40.8 Å². The Hall–Kier alpha value is -1.35. The van der Waals surface area contributed by atoms with Crippen molar-refractivity contribution >= 4 is 34.3 Å². The molecule has 6 nitrogen and oxygen atoms in total. The maximum absolute atomic E-state index is 5.97. The zero-order valence-electron chi connectivity index (χ0n) is 14.8. The van der Waals surface area contributed by atoms with E-state index in [4.69, 9.17) is 9.52 Å². The van der Waals surface area contributed by atoms with E-state index in [1.54, 1.807) is 0 Å². The second-order valence-corrected chi connectivity index (χ2v) is 8.47. The molecule has 2 aromatic rings. The number of hydrazine groups is 1. The van der Waals surface area contributed by atoms with Crippen LogP contribution in [0.15, 0.2) is 22.8 Å². The van der Waals surface area contributed by atoms with Crippen molar-refractivity contribution in [2.24, 2.45) is 0 Å². The molecule has 1 saturated carbocycles. The molecule has 0 saturated heterocycles. The van der Waals surface area contributed by atoms with E-state index in [-0.39, 0.29) is 5.54 Å². The fraction of sp³-hybridized carbons (Fsp3) is 0.556. The van der Waals surface area contributed by atoms with E-state index in [2.05, 4.69) is 69.8 Å². The van der Waals surface area contributed by atoms with E-state index in [1.807, 2.05) is 10.9 Å². The summed E-state index contributed by atoms with van der Waals surface area (Å²) in [6.07, 6.45) is 8.70. The number of nitrogens with zero attached hydrogens (tertiary/aromatic N) is 3. The summed E-state index contributed by atoms with van der Waals surface area (Å²) in [6, 6.07) is 2.14. The van der Waals surface area contributed by atoms with Crippen LogP contribution in [0.25, 0.3) is 5.57 Å². The second kappa shape index (κ2) is 6.42. The zero-order chi connectivity index (χ0) is 17.6. The number of rotatable bonds is 5. The number of halogens is 1. The van der Waals surface area contributed by atoms with Gasteiger partial charge in [0.05, 0.1) is 17.4 Å². The quantitative estimate of drug-likeness (QED) is 0.389. The highest BCUT2D eigenvalue weighted by atomic mass is 127. The largest absolute Gasteiger partial charge is 0.441 e. The molecular weight excluding hydrogens is 429 g/mol. The van der Waals surface area contributed by atoms with Crippen LogP contribution < -0.4 is 9.06 Å². The molecule has 2 aliphatic carbocycles. The van der Waals surface area contributed by atoms with Crippen molar-refractivity contribution in [2.45, 2.75) is 63.8 Å². The van der Waals surface area contributed by atoms with Crippen molar-refractivity contribution in [3.63, 3.8) is 0 Å². The highest BCUT2D eigenvalue weighted by Crippen LogP contribution is 2.42. The Morgan fingerprint density at radius 2 is 2.08 bits per heavy atom. The van der Waals surface area contributed by atoms with Gasteiger partial charge in [0.25, 0.3) is 0 Å². The lowest BCUT2D eigenvalue weighted by molar-refractivity contribution is 0.357. The number of hydrogen-bond acceptors (Lipinski definition) is 5. The molecule has 4 rings (SSSR count). The molecule has 1 atom stereocenters. The minimum absolute atomic E-state index is 0.0800. The summed E-state index contributed by atoms with van der Waals surface area (Å²) in [5.74, 6) is 3.71. The first kappa shape index (κ1) is 17.1. The molecule has 2 aliphatic rings. The summed E-state index contributed by atoms with van der Waals surface area (Å²) in [5.41, 5.74) is 5.46. The molecule has 1 fully saturated rings. The molecule has 25 heavy (non-hydrogen) atoms. The molecule has 0 bridgehead atoms. The summed E-state index contributed by atoms with van der Waals surface area (Å²) in [5, 5.41) is 4.87. The van der Waals surface area contributed by atoms with Crippen molar-refractivity contribution in [1.29, 1.82) is 0 Å². The molecule has 2 N–H and O–H groups in total. The third kappa shape index (κ3) is 3.48. The van der Waals surface area contributed by atoms with Gasteiger partial charge in [0.2, 0.25) is 0 Å². The number of anilines is 1. The van der Waals surface area contributed by atoms with Crippen molar-refractivity contribution in [3.8, 4) is 0 Å². The normalized spacial score (nSPS) is 20.8. The minimum Gasteiger partial charge on any atom is -0.441 e. The van der Waals surface area contributed by atoms with Gasteiger partial charge in [0.15, 0.2) is 5.89 Å². The van der Waals surface area contributed by atoms with Crippen LogP contribution in [0.3, 0.4) is 0 Å². The molecule has 2 aromatic heterocycles. The van der Waals surface area contributed by atoms with E-state index < -0.39 is 0 Å². The van der Waals surface area contributed by atoms with Crippen LogP contribution in [0.1, 0.15) is 75.6 Å². The van der Waals surface area contributed by atoms with Crippen LogP contribution in [-0.2, 0) is 5.54 Å². The van der Waals surface area contributed by atoms with Gasteiger partial charge in [0.1, 0.15) is 11.6 Å². The maximum Gasteiger partial charge on any atom is 0.197 e. The van der Waals surface area contributed by atoms with Crippen LogP contribution in [0, 0.1) is 0 Å². The van der Waals surface area contributed by atoms with Gasteiger partial charge in [-0.25, -0.2) is 9.67 Å². The molecule has 0 amide bonds. The lowest BCUT2D eigenvalue weighted by Gasteiger charge is -2.22. The lowest BCUT2D eigenvalue weighted by atomic mass is 10.1. The van der Waals surface area contributed by atoms with Crippen LogP contribution in [0.2, 0.25) is 0 Å². The number of allylic oxidation sites excluding steroid dienone is 2.